The van der Waals surface area contributed by atoms with Crippen molar-refractivity contribution in [3.05, 3.63) is 33.9 Å². The molecule has 108 valence electrons. The Kier molecular flexibility index (Phi) is 4.55. The van der Waals surface area contributed by atoms with Crippen molar-refractivity contribution >= 4 is 17.3 Å². The van der Waals surface area contributed by atoms with Gasteiger partial charge in [-0.15, -0.1) is 0 Å². The zero-order chi connectivity index (χ0) is 14.5. The summed E-state index contributed by atoms with van der Waals surface area (Å²) in [6, 6.07) is 4.79. The Morgan fingerprint density at radius 3 is 2.85 bits per heavy atom. The molecule has 2 rings (SSSR count). The second kappa shape index (κ2) is 6.36. The molecule has 0 saturated carbocycles. The molecular formula is C14H19N3O3. The van der Waals surface area contributed by atoms with Crippen LogP contribution in [0.25, 0.3) is 0 Å². The quantitative estimate of drug-likeness (QED) is 0.492. The maximum atomic E-state index is 11.4. The third kappa shape index (κ3) is 3.46. The molecule has 0 aliphatic carbocycles. The molecule has 0 aromatic heterocycles. The van der Waals surface area contributed by atoms with Gasteiger partial charge in [-0.3, -0.25) is 14.9 Å². The number of benzene rings is 1. The fraction of sp³-hybridized carbons (Fsp3) is 0.500. The maximum Gasteiger partial charge on any atom is 0.269 e. The van der Waals surface area contributed by atoms with E-state index in [9.17, 15) is 14.9 Å². The molecule has 1 heterocycles. The van der Waals surface area contributed by atoms with Crippen molar-refractivity contribution in [1.82, 2.24) is 4.90 Å². The van der Waals surface area contributed by atoms with E-state index in [0.29, 0.717) is 6.42 Å². The number of aryl methyl sites for hydroxylation is 1. The zero-order valence-electron chi connectivity index (χ0n) is 11.6. The van der Waals surface area contributed by atoms with Crippen LogP contribution in [0.15, 0.2) is 18.2 Å². The number of non-ortho nitro benzene ring substituents is 1. The molecule has 0 bridgehead atoms. The van der Waals surface area contributed by atoms with Crippen molar-refractivity contribution in [1.29, 1.82) is 0 Å². The lowest BCUT2D eigenvalue weighted by Crippen LogP contribution is -2.27. The largest absolute Gasteiger partial charge is 0.385 e. The fourth-order valence-electron chi connectivity index (χ4n) is 2.39. The SMILES string of the molecule is Cc1cc([N+](=O)[O-])ccc1NCCCN1CCCC1=O. The Labute approximate surface area is 117 Å². The van der Waals surface area contributed by atoms with Crippen LogP contribution in [0.4, 0.5) is 11.4 Å². The van der Waals surface area contributed by atoms with Gasteiger partial charge in [-0.25, -0.2) is 0 Å². The van der Waals surface area contributed by atoms with Crippen molar-refractivity contribution in [3.8, 4) is 0 Å². The first-order valence-electron chi connectivity index (χ1n) is 6.84. The second-order valence-electron chi connectivity index (χ2n) is 5.02. The van der Waals surface area contributed by atoms with Crippen LogP contribution in [0, 0.1) is 17.0 Å². The van der Waals surface area contributed by atoms with Crippen molar-refractivity contribution in [2.24, 2.45) is 0 Å². The lowest BCUT2D eigenvalue weighted by Gasteiger charge is -2.16. The number of carbonyl (C=O) groups excluding carboxylic acids is 1. The van der Waals surface area contributed by atoms with E-state index in [0.717, 1.165) is 43.7 Å². The molecular weight excluding hydrogens is 258 g/mol. The standard InChI is InChI=1S/C14H19N3O3/c1-11-10-12(17(19)20)5-6-13(11)15-7-3-9-16-8-2-4-14(16)18/h5-6,10,15H,2-4,7-9H2,1H3. The van der Waals surface area contributed by atoms with Gasteiger partial charge in [0, 0.05) is 43.9 Å². The van der Waals surface area contributed by atoms with Gasteiger partial charge in [0.15, 0.2) is 0 Å². The zero-order valence-corrected chi connectivity index (χ0v) is 11.6. The number of nitrogens with zero attached hydrogens (tertiary/aromatic N) is 2. The van der Waals surface area contributed by atoms with E-state index in [1.165, 1.54) is 6.07 Å². The molecule has 1 amide bonds. The number of nitrogens with one attached hydrogen (secondary N) is 1. The molecule has 6 heteroatoms. The number of likely N-dealkylation sites (tertiary alicyclic amines) is 1. The average Bonchev–Trinajstić information content (AvgIpc) is 2.81. The fourth-order valence-corrected chi connectivity index (χ4v) is 2.39. The Bertz CT molecular complexity index is 516. The highest BCUT2D eigenvalue weighted by Gasteiger charge is 2.18. The molecule has 0 radical (unpaired) electrons. The van der Waals surface area contributed by atoms with E-state index < -0.39 is 4.92 Å². The van der Waals surface area contributed by atoms with E-state index in [2.05, 4.69) is 5.32 Å². The van der Waals surface area contributed by atoms with E-state index >= 15 is 0 Å². The highest BCUT2D eigenvalue weighted by molar-refractivity contribution is 5.78. The lowest BCUT2D eigenvalue weighted by atomic mass is 10.2. The summed E-state index contributed by atoms with van der Waals surface area (Å²) in [5.41, 5.74) is 1.87. The molecule has 20 heavy (non-hydrogen) atoms. The summed E-state index contributed by atoms with van der Waals surface area (Å²) in [7, 11) is 0. The summed E-state index contributed by atoms with van der Waals surface area (Å²) >= 11 is 0. The minimum Gasteiger partial charge on any atom is -0.385 e. The second-order valence-corrected chi connectivity index (χ2v) is 5.02. The van der Waals surface area contributed by atoms with E-state index in [1.54, 1.807) is 12.1 Å². The minimum absolute atomic E-state index is 0.107. The summed E-state index contributed by atoms with van der Waals surface area (Å²) in [4.78, 5) is 23.6. The molecule has 1 aromatic carbocycles. The Balaban J connectivity index is 1.79. The van der Waals surface area contributed by atoms with Crippen LogP contribution in [-0.2, 0) is 4.79 Å². The van der Waals surface area contributed by atoms with Crippen molar-refractivity contribution < 1.29 is 9.72 Å². The van der Waals surface area contributed by atoms with Crippen LogP contribution >= 0.6 is 0 Å². The van der Waals surface area contributed by atoms with Gasteiger partial charge < -0.3 is 10.2 Å². The average molecular weight is 277 g/mol. The number of hydrogen-bond acceptors (Lipinski definition) is 4. The third-order valence-corrected chi connectivity index (χ3v) is 3.51. The van der Waals surface area contributed by atoms with Crippen molar-refractivity contribution in [3.63, 3.8) is 0 Å². The number of nitro groups is 1. The molecule has 1 saturated heterocycles. The molecule has 0 spiro atoms. The topological polar surface area (TPSA) is 75.5 Å². The summed E-state index contributed by atoms with van der Waals surface area (Å²) in [6.45, 7) is 4.25. The monoisotopic (exact) mass is 277 g/mol. The van der Waals surface area contributed by atoms with Crippen LogP contribution in [0.5, 0.6) is 0 Å². The Morgan fingerprint density at radius 1 is 1.45 bits per heavy atom. The molecule has 6 nitrogen and oxygen atoms in total. The molecule has 1 aliphatic heterocycles. The van der Waals surface area contributed by atoms with E-state index in [-0.39, 0.29) is 11.6 Å². The predicted octanol–water partition coefficient (Wildman–Crippen LogP) is 2.33. The highest BCUT2D eigenvalue weighted by atomic mass is 16.6. The molecule has 1 fully saturated rings. The molecule has 1 aromatic rings. The smallest absolute Gasteiger partial charge is 0.269 e. The predicted molar refractivity (Wildman–Crippen MR) is 76.8 cm³/mol. The molecule has 1 aliphatic rings. The number of nitro benzene ring substituents is 1. The van der Waals surface area contributed by atoms with Gasteiger partial charge in [0.2, 0.25) is 5.91 Å². The summed E-state index contributed by atoms with van der Waals surface area (Å²) in [5, 5.41) is 13.9. The van der Waals surface area contributed by atoms with Gasteiger partial charge in [0.05, 0.1) is 4.92 Å². The normalized spacial score (nSPS) is 14.7. The Hall–Kier alpha value is -2.11. The Morgan fingerprint density at radius 2 is 2.25 bits per heavy atom. The van der Waals surface area contributed by atoms with Gasteiger partial charge in [-0.2, -0.15) is 0 Å². The third-order valence-electron chi connectivity index (χ3n) is 3.51. The van der Waals surface area contributed by atoms with E-state index in [4.69, 9.17) is 0 Å². The number of anilines is 1. The molecule has 1 N–H and O–H groups in total. The van der Waals surface area contributed by atoms with Gasteiger partial charge in [0.1, 0.15) is 0 Å². The first-order chi connectivity index (χ1) is 9.58. The molecule has 0 atom stereocenters. The lowest BCUT2D eigenvalue weighted by molar-refractivity contribution is -0.384. The summed E-state index contributed by atoms with van der Waals surface area (Å²) in [6.07, 6.45) is 2.52. The van der Waals surface area contributed by atoms with Crippen molar-refractivity contribution in [2.75, 3.05) is 25.0 Å². The number of rotatable bonds is 6. The number of carbonyl (C=O) groups is 1. The number of hydrogen-bond donors (Lipinski definition) is 1. The summed E-state index contributed by atoms with van der Waals surface area (Å²) < 4.78 is 0. The van der Waals surface area contributed by atoms with Crippen LogP contribution in [0.3, 0.4) is 0 Å². The highest BCUT2D eigenvalue weighted by Crippen LogP contribution is 2.21. The summed E-state index contributed by atoms with van der Waals surface area (Å²) in [5.74, 6) is 0.247. The van der Waals surface area contributed by atoms with Crippen molar-refractivity contribution in [2.45, 2.75) is 26.2 Å². The maximum absolute atomic E-state index is 11.4. The van der Waals surface area contributed by atoms with Gasteiger partial charge in [-0.1, -0.05) is 0 Å². The van der Waals surface area contributed by atoms with Gasteiger partial charge >= 0.3 is 0 Å². The first kappa shape index (κ1) is 14.3. The van der Waals surface area contributed by atoms with Crippen LogP contribution in [0.2, 0.25) is 0 Å². The van der Waals surface area contributed by atoms with Gasteiger partial charge in [0.25, 0.3) is 5.69 Å². The van der Waals surface area contributed by atoms with Crippen LogP contribution < -0.4 is 5.32 Å². The number of amides is 1. The van der Waals surface area contributed by atoms with E-state index in [1.807, 2.05) is 11.8 Å². The minimum atomic E-state index is -0.393. The molecule has 0 unspecified atom stereocenters. The van der Waals surface area contributed by atoms with Crippen LogP contribution in [0.1, 0.15) is 24.8 Å². The van der Waals surface area contributed by atoms with Gasteiger partial charge in [-0.05, 0) is 31.4 Å². The first-order valence-corrected chi connectivity index (χ1v) is 6.84. The van der Waals surface area contributed by atoms with Crippen LogP contribution in [-0.4, -0.2) is 35.4 Å².